The van der Waals surface area contributed by atoms with Gasteiger partial charge in [-0.15, -0.1) is 0 Å². The van der Waals surface area contributed by atoms with Crippen LogP contribution in [0, 0.1) is 0 Å². The summed E-state index contributed by atoms with van der Waals surface area (Å²) in [4.78, 5) is 0. The fraction of sp³-hybridized carbons (Fsp3) is 0.438. The van der Waals surface area contributed by atoms with Crippen molar-refractivity contribution in [1.82, 2.24) is 15.2 Å². The lowest BCUT2D eigenvalue weighted by atomic mass is 9.59. The van der Waals surface area contributed by atoms with Gasteiger partial charge in [-0.1, -0.05) is 36.8 Å². The van der Waals surface area contributed by atoms with Crippen LogP contribution in [0.1, 0.15) is 30.4 Å². The molecule has 0 radical (unpaired) electrons. The van der Waals surface area contributed by atoms with Crippen LogP contribution >= 0.6 is 0 Å². The van der Waals surface area contributed by atoms with Crippen molar-refractivity contribution in [3.63, 3.8) is 0 Å². The lowest BCUT2D eigenvalue weighted by Crippen LogP contribution is -2.56. The third-order valence-corrected chi connectivity index (χ3v) is 4.66. The van der Waals surface area contributed by atoms with Crippen molar-refractivity contribution in [2.75, 3.05) is 0 Å². The van der Waals surface area contributed by atoms with Crippen LogP contribution in [0.5, 0.6) is 0 Å². The zero-order valence-corrected chi connectivity index (χ0v) is 11.9. The minimum atomic E-state index is 0.172. The van der Waals surface area contributed by atoms with Gasteiger partial charge >= 0.3 is 0 Å². The molecule has 3 rings (SSSR count). The molecule has 1 aliphatic carbocycles. The average molecular weight is 270 g/mol. The molecular formula is C16H22N4. The average Bonchev–Trinajstić information content (AvgIpc) is 2.83. The Morgan fingerprint density at radius 2 is 2.10 bits per heavy atom. The topological polar surface area (TPSA) is 55.9 Å². The van der Waals surface area contributed by atoms with E-state index < -0.39 is 0 Å². The van der Waals surface area contributed by atoms with Crippen LogP contribution in [0.25, 0.3) is 0 Å². The molecule has 20 heavy (non-hydrogen) atoms. The first-order valence-electron chi connectivity index (χ1n) is 7.24. The van der Waals surface area contributed by atoms with E-state index in [0.717, 1.165) is 6.42 Å². The molecule has 1 aromatic carbocycles. The quantitative estimate of drug-likeness (QED) is 0.644. The summed E-state index contributed by atoms with van der Waals surface area (Å²) in [5.41, 5.74) is 5.87. The van der Waals surface area contributed by atoms with Crippen LogP contribution in [0.15, 0.2) is 42.7 Å². The summed E-state index contributed by atoms with van der Waals surface area (Å²) in [7, 11) is 1.95. The molecule has 0 spiro atoms. The van der Waals surface area contributed by atoms with Crippen molar-refractivity contribution in [3.05, 3.63) is 53.9 Å². The van der Waals surface area contributed by atoms with Gasteiger partial charge in [0.25, 0.3) is 0 Å². The lowest BCUT2D eigenvalue weighted by molar-refractivity contribution is 0.168. The summed E-state index contributed by atoms with van der Waals surface area (Å²) in [6.07, 6.45) is 8.60. The van der Waals surface area contributed by atoms with Crippen LogP contribution < -0.4 is 11.3 Å². The Hall–Kier alpha value is -1.65. The van der Waals surface area contributed by atoms with Crippen molar-refractivity contribution in [3.8, 4) is 0 Å². The fourth-order valence-electron chi connectivity index (χ4n) is 3.39. The second-order valence-corrected chi connectivity index (χ2v) is 5.82. The van der Waals surface area contributed by atoms with E-state index in [1.165, 1.54) is 30.4 Å². The maximum Gasteiger partial charge on any atom is 0.0522 e. The highest BCUT2D eigenvalue weighted by molar-refractivity contribution is 5.31. The van der Waals surface area contributed by atoms with E-state index in [4.69, 9.17) is 5.84 Å². The summed E-state index contributed by atoms with van der Waals surface area (Å²) < 4.78 is 1.85. The third-order valence-electron chi connectivity index (χ3n) is 4.66. The van der Waals surface area contributed by atoms with Gasteiger partial charge in [0.2, 0.25) is 0 Å². The number of nitrogens with one attached hydrogen (secondary N) is 1. The van der Waals surface area contributed by atoms with Gasteiger partial charge in [-0.2, -0.15) is 5.10 Å². The third kappa shape index (κ3) is 2.25. The van der Waals surface area contributed by atoms with E-state index in [1.807, 2.05) is 17.9 Å². The molecule has 106 valence electrons. The summed E-state index contributed by atoms with van der Waals surface area (Å²) in [6, 6.07) is 11.0. The number of aromatic nitrogens is 2. The Morgan fingerprint density at radius 3 is 2.60 bits per heavy atom. The van der Waals surface area contributed by atoms with Gasteiger partial charge in [-0.05, 0) is 30.4 Å². The van der Waals surface area contributed by atoms with Crippen molar-refractivity contribution >= 4 is 0 Å². The van der Waals surface area contributed by atoms with E-state index in [0.29, 0.717) is 0 Å². The number of nitrogens with zero attached hydrogens (tertiary/aromatic N) is 2. The van der Waals surface area contributed by atoms with E-state index in [-0.39, 0.29) is 11.5 Å². The summed E-state index contributed by atoms with van der Waals surface area (Å²) in [5.74, 6) is 5.88. The Bertz CT molecular complexity index is 557. The molecule has 1 unspecified atom stereocenters. The number of benzene rings is 1. The molecule has 0 bridgehead atoms. The molecule has 4 heteroatoms. The van der Waals surface area contributed by atoms with Crippen molar-refractivity contribution in [2.24, 2.45) is 12.9 Å². The predicted molar refractivity (Wildman–Crippen MR) is 80.0 cm³/mol. The highest BCUT2D eigenvalue weighted by Gasteiger charge is 2.44. The number of nitrogens with two attached hydrogens (primary N) is 1. The maximum atomic E-state index is 5.88. The summed E-state index contributed by atoms with van der Waals surface area (Å²) in [6.45, 7) is 0. The Morgan fingerprint density at radius 1 is 1.35 bits per heavy atom. The van der Waals surface area contributed by atoms with Crippen molar-refractivity contribution in [1.29, 1.82) is 0 Å². The highest BCUT2D eigenvalue weighted by Crippen LogP contribution is 2.47. The Labute approximate surface area is 120 Å². The number of hydrogen-bond donors (Lipinski definition) is 2. The minimum Gasteiger partial charge on any atom is -0.276 e. The Kier molecular flexibility index (Phi) is 3.59. The minimum absolute atomic E-state index is 0.172. The molecule has 1 atom stereocenters. The largest absolute Gasteiger partial charge is 0.276 e. The molecule has 1 fully saturated rings. The van der Waals surface area contributed by atoms with E-state index >= 15 is 0 Å². The van der Waals surface area contributed by atoms with Gasteiger partial charge in [0.1, 0.15) is 0 Å². The fourth-order valence-corrected chi connectivity index (χ4v) is 3.39. The predicted octanol–water partition coefficient (Wildman–Crippen LogP) is 1.92. The molecule has 3 N–H and O–H groups in total. The molecule has 2 aromatic rings. The normalized spacial score (nSPS) is 18.5. The van der Waals surface area contributed by atoms with Gasteiger partial charge in [0.15, 0.2) is 0 Å². The second-order valence-electron chi connectivity index (χ2n) is 5.82. The van der Waals surface area contributed by atoms with Crippen LogP contribution in [-0.4, -0.2) is 15.8 Å². The van der Waals surface area contributed by atoms with Crippen LogP contribution in [0.2, 0.25) is 0 Å². The van der Waals surface area contributed by atoms with Crippen LogP contribution in [-0.2, 0) is 18.9 Å². The van der Waals surface area contributed by atoms with Gasteiger partial charge in [-0.3, -0.25) is 16.0 Å². The number of aryl methyl sites for hydroxylation is 1. The van der Waals surface area contributed by atoms with Gasteiger partial charge < -0.3 is 0 Å². The van der Waals surface area contributed by atoms with Gasteiger partial charge in [0, 0.05) is 24.7 Å². The lowest BCUT2D eigenvalue weighted by Gasteiger charge is -2.48. The molecule has 1 aromatic heterocycles. The first kappa shape index (κ1) is 13.3. The molecule has 0 amide bonds. The molecule has 1 heterocycles. The molecular weight excluding hydrogens is 248 g/mol. The maximum absolute atomic E-state index is 5.88. The van der Waals surface area contributed by atoms with Crippen LogP contribution in [0.3, 0.4) is 0 Å². The van der Waals surface area contributed by atoms with Gasteiger partial charge in [-0.25, -0.2) is 0 Å². The van der Waals surface area contributed by atoms with E-state index in [9.17, 15) is 0 Å². The van der Waals surface area contributed by atoms with Crippen molar-refractivity contribution < 1.29 is 0 Å². The number of rotatable bonds is 5. The molecule has 1 saturated carbocycles. The summed E-state index contributed by atoms with van der Waals surface area (Å²) >= 11 is 0. The monoisotopic (exact) mass is 270 g/mol. The first-order valence-corrected chi connectivity index (χ1v) is 7.24. The molecule has 0 aliphatic heterocycles. The number of hydrazine groups is 1. The first-order chi connectivity index (χ1) is 9.74. The van der Waals surface area contributed by atoms with Gasteiger partial charge in [0.05, 0.1) is 6.20 Å². The van der Waals surface area contributed by atoms with E-state index in [1.54, 1.807) is 0 Å². The zero-order valence-electron chi connectivity index (χ0n) is 11.9. The molecule has 4 nitrogen and oxygen atoms in total. The molecule has 0 saturated heterocycles. The SMILES string of the molecule is Cn1cc(CC(NN)C2(c3ccccc3)CCC2)cn1. The highest BCUT2D eigenvalue weighted by atomic mass is 15.3. The Balaban J connectivity index is 1.86. The van der Waals surface area contributed by atoms with Crippen molar-refractivity contribution in [2.45, 2.75) is 37.1 Å². The molecule has 1 aliphatic rings. The standard InChI is InChI=1S/C16H22N4/c1-20-12-13(11-18-20)10-15(19-17)16(8-5-9-16)14-6-3-2-4-7-14/h2-4,6-7,11-12,15,19H,5,8-10,17H2,1H3. The summed E-state index contributed by atoms with van der Waals surface area (Å²) in [5, 5.41) is 4.25. The van der Waals surface area contributed by atoms with Crippen LogP contribution in [0.4, 0.5) is 0 Å². The van der Waals surface area contributed by atoms with E-state index in [2.05, 4.69) is 47.1 Å². The zero-order chi connectivity index (χ0) is 14.0. The smallest absolute Gasteiger partial charge is 0.0522 e. The second kappa shape index (κ2) is 5.38. The number of hydrogen-bond acceptors (Lipinski definition) is 3.